The number of nitrogens with zero attached hydrogens (tertiary/aromatic N) is 2. The van der Waals surface area contributed by atoms with Gasteiger partial charge >= 0.3 is 11.9 Å². The average Bonchev–Trinajstić information content (AvgIpc) is 3.60. The Hall–Kier alpha value is -4.50. The quantitative estimate of drug-likeness (QED) is 0.176. The van der Waals surface area contributed by atoms with Gasteiger partial charge in [-0.25, -0.2) is 14.6 Å². The van der Waals surface area contributed by atoms with Gasteiger partial charge in [-0.2, -0.15) is 0 Å². The molecular formula is C37H40N2O6S. The molecule has 0 N–H and O–H groups in total. The highest BCUT2D eigenvalue weighted by Gasteiger charge is 2.34. The van der Waals surface area contributed by atoms with Crippen LogP contribution in [0, 0.1) is 6.92 Å². The van der Waals surface area contributed by atoms with Gasteiger partial charge in [0.25, 0.3) is 5.56 Å². The van der Waals surface area contributed by atoms with E-state index < -0.39 is 12.0 Å². The van der Waals surface area contributed by atoms with E-state index in [1.165, 1.54) is 16.9 Å². The van der Waals surface area contributed by atoms with Crippen molar-refractivity contribution in [2.75, 3.05) is 6.61 Å². The van der Waals surface area contributed by atoms with E-state index in [2.05, 4.69) is 13.8 Å². The molecule has 0 spiro atoms. The summed E-state index contributed by atoms with van der Waals surface area (Å²) in [6, 6.07) is 16.4. The Balaban J connectivity index is 1.58. The van der Waals surface area contributed by atoms with Crippen LogP contribution in [0.3, 0.4) is 0 Å². The van der Waals surface area contributed by atoms with Gasteiger partial charge in [0, 0.05) is 11.6 Å². The Morgan fingerprint density at radius 1 is 1.02 bits per heavy atom. The molecule has 0 bridgehead atoms. The highest BCUT2D eigenvalue weighted by atomic mass is 32.1. The molecule has 46 heavy (non-hydrogen) atoms. The van der Waals surface area contributed by atoms with Gasteiger partial charge in [-0.05, 0) is 81.0 Å². The summed E-state index contributed by atoms with van der Waals surface area (Å²) in [6.07, 6.45) is 2.86. The van der Waals surface area contributed by atoms with E-state index in [1.54, 1.807) is 29.7 Å². The van der Waals surface area contributed by atoms with E-state index in [1.807, 2.05) is 70.2 Å². The van der Waals surface area contributed by atoms with Crippen molar-refractivity contribution in [3.63, 3.8) is 0 Å². The van der Waals surface area contributed by atoms with Gasteiger partial charge in [-0.1, -0.05) is 68.9 Å². The van der Waals surface area contributed by atoms with E-state index in [0.29, 0.717) is 50.0 Å². The first-order chi connectivity index (χ1) is 22.0. The summed E-state index contributed by atoms with van der Waals surface area (Å²) in [5.41, 5.74) is 4.93. The van der Waals surface area contributed by atoms with Crippen LogP contribution in [-0.4, -0.2) is 29.2 Å². The molecule has 0 unspecified atom stereocenters. The van der Waals surface area contributed by atoms with E-state index in [4.69, 9.17) is 18.9 Å². The standard InChI is InChI=1S/C37H40N2O6S/c1-8-10-29-32(36(42)43-9-2)33(25-13-11-24(12-14-25)21(3)4)39-34(40)31(46-37(39)38-29)20-27-16-18-30(45-27)28-17-15-26(19-23(28)7)35(41)44-22(5)6/h11-22,33H,8-10H2,1-7H3/b31-20+/t33-/m1/s1. The summed E-state index contributed by atoms with van der Waals surface area (Å²) in [6.45, 7) is 13.8. The van der Waals surface area contributed by atoms with Crippen molar-refractivity contribution in [3.8, 4) is 11.3 Å². The van der Waals surface area contributed by atoms with Crippen LogP contribution >= 0.6 is 11.3 Å². The van der Waals surface area contributed by atoms with Crippen LogP contribution in [0.5, 0.6) is 0 Å². The number of fused-ring (bicyclic) bond motifs is 1. The van der Waals surface area contributed by atoms with Crippen molar-refractivity contribution in [1.29, 1.82) is 0 Å². The summed E-state index contributed by atoms with van der Waals surface area (Å²) in [5.74, 6) is 0.615. The Morgan fingerprint density at radius 2 is 1.76 bits per heavy atom. The number of hydrogen-bond donors (Lipinski definition) is 0. The predicted molar refractivity (Wildman–Crippen MR) is 180 cm³/mol. The van der Waals surface area contributed by atoms with Crippen molar-refractivity contribution in [1.82, 2.24) is 4.57 Å². The third kappa shape index (κ3) is 6.70. The fourth-order valence-corrected chi connectivity index (χ4v) is 6.55. The van der Waals surface area contributed by atoms with Gasteiger partial charge in [0.1, 0.15) is 11.5 Å². The van der Waals surface area contributed by atoms with Crippen LogP contribution in [0.4, 0.5) is 0 Å². The van der Waals surface area contributed by atoms with Gasteiger partial charge in [0.2, 0.25) is 0 Å². The normalized spacial score (nSPS) is 14.9. The minimum atomic E-state index is -0.670. The molecule has 0 fully saturated rings. The van der Waals surface area contributed by atoms with Crippen molar-refractivity contribution in [2.24, 2.45) is 4.99 Å². The van der Waals surface area contributed by atoms with Gasteiger partial charge in [-0.3, -0.25) is 9.36 Å². The van der Waals surface area contributed by atoms with E-state index >= 15 is 0 Å². The lowest BCUT2D eigenvalue weighted by molar-refractivity contribution is -0.139. The Bertz CT molecular complexity index is 1970. The molecule has 0 radical (unpaired) electrons. The number of esters is 2. The molecule has 0 saturated carbocycles. The molecule has 1 aliphatic rings. The minimum absolute atomic E-state index is 0.207. The molecule has 1 atom stereocenters. The number of carbonyl (C=O) groups excluding carboxylic acids is 2. The maximum atomic E-state index is 14.1. The molecule has 1 aliphatic heterocycles. The van der Waals surface area contributed by atoms with E-state index in [-0.39, 0.29) is 24.2 Å². The number of carbonyl (C=O) groups is 2. The number of aryl methyl sites for hydroxylation is 1. The van der Waals surface area contributed by atoms with Crippen LogP contribution in [0.15, 0.2) is 80.1 Å². The minimum Gasteiger partial charge on any atom is -0.463 e. The number of ether oxygens (including phenoxy) is 2. The first-order valence-corrected chi connectivity index (χ1v) is 16.6. The summed E-state index contributed by atoms with van der Waals surface area (Å²) in [4.78, 5) is 45.3. The predicted octanol–water partition coefficient (Wildman–Crippen LogP) is 6.84. The number of allylic oxidation sites excluding steroid dienone is 1. The van der Waals surface area contributed by atoms with Gasteiger partial charge < -0.3 is 13.9 Å². The van der Waals surface area contributed by atoms with Crippen molar-refractivity contribution < 1.29 is 23.5 Å². The number of thiazole rings is 1. The highest BCUT2D eigenvalue weighted by Crippen LogP contribution is 2.33. The maximum absolute atomic E-state index is 14.1. The molecule has 9 heteroatoms. The van der Waals surface area contributed by atoms with E-state index in [0.717, 1.165) is 23.1 Å². The zero-order chi connectivity index (χ0) is 33.1. The average molecular weight is 641 g/mol. The second-order valence-electron chi connectivity index (χ2n) is 11.9. The Morgan fingerprint density at radius 3 is 2.39 bits per heavy atom. The maximum Gasteiger partial charge on any atom is 0.338 e. The van der Waals surface area contributed by atoms with Gasteiger partial charge in [0.05, 0.1) is 40.1 Å². The van der Waals surface area contributed by atoms with E-state index in [9.17, 15) is 14.4 Å². The molecule has 2 aromatic carbocycles. The zero-order valence-corrected chi connectivity index (χ0v) is 28.2. The SMILES string of the molecule is CCCC1=C(C(=O)OCC)[C@@H](c2ccc(C(C)C)cc2)n2c(s/c(=C/c3ccc(-c4ccc(C(=O)OC(C)C)cc4C)o3)c2=O)=N1. The summed E-state index contributed by atoms with van der Waals surface area (Å²) < 4.78 is 19.0. The highest BCUT2D eigenvalue weighted by molar-refractivity contribution is 7.07. The fourth-order valence-electron chi connectivity index (χ4n) is 5.55. The van der Waals surface area contributed by atoms with Gasteiger partial charge in [-0.15, -0.1) is 0 Å². The lowest BCUT2D eigenvalue weighted by atomic mass is 9.92. The number of rotatable bonds is 10. The largest absolute Gasteiger partial charge is 0.463 e. The van der Waals surface area contributed by atoms with Crippen molar-refractivity contribution >= 4 is 29.4 Å². The monoisotopic (exact) mass is 640 g/mol. The molecule has 4 aromatic rings. The smallest absolute Gasteiger partial charge is 0.338 e. The number of furan rings is 1. The zero-order valence-electron chi connectivity index (χ0n) is 27.4. The third-order valence-corrected chi connectivity index (χ3v) is 8.76. The van der Waals surface area contributed by atoms with Gasteiger partial charge in [0.15, 0.2) is 4.80 Å². The molecule has 0 saturated heterocycles. The molecule has 5 rings (SSSR count). The molecular weight excluding hydrogens is 600 g/mol. The van der Waals surface area contributed by atoms with Crippen LogP contribution < -0.4 is 14.9 Å². The van der Waals surface area contributed by atoms with Crippen LogP contribution in [-0.2, 0) is 14.3 Å². The molecule has 0 aliphatic carbocycles. The summed E-state index contributed by atoms with van der Waals surface area (Å²) in [7, 11) is 0. The first-order valence-electron chi connectivity index (χ1n) is 15.8. The fraction of sp³-hybridized carbons (Fsp3) is 0.351. The Kier molecular flexibility index (Phi) is 9.91. The molecule has 0 amide bonds. The number of aromatic nitrogens is 1. The lowest BCUT2D eigenvalue weighted by Gasteiger charge is -2.26. The van der Waals surface area contributed by atoms with Crippen molar-refractivity contribution in [3.05, 3.63) is 114 Å². The topological polar surface area (TPSA) is 100 Å². The van der Waals surface area contributed by atoms with Crippen LogP contribution in [0.2, 0.25) is 0 Å². The summed E-state index contributed by atoms with van der Waals surface area (Å²) in [5, 5.41) is 0. The number of benzene rings is 2. The molecule has 8 nitrogen and oxygen atoms in total. The van der Waals surface area contributed by atoms with Crippen molar-refractivity contribution in [2.45, 2.75) is 79.4 Å². The summed E-state index contributed by atoms with van der Waals surface area (Å²) >= 11 is 1.27. The number of hydrogen-bond acceptors (Lipinski definition) is 8. The van der Waals surface area contributed by atoms with Crippen LogP contribution in [0.25, 0.3) is 17.4 Å². The van der Waals surface area contributed by atoms with Crippen LogP contribution in [0.1, 0.15) is 99.2 Å². The second-order valence-corrected chi connectivity index (χ2v) is 12.9. The Labute approximate surface area is 272 Å². The molecule has 240 valence electrons. The lowest BCUT2D eigenvalue weighted by Crippen LogP contribution is -2.40. The first kappa shape index (κ1) is 32.9. The second kappa shape index (κ2) is 13.9. The molecule has 2 aromatic heterocycles. The third-order valence-electron chi connectivity index (χ3n) is 7.78. The molecule has 3 heterocycles.